The summed E-state index contributed by atoms with van der Waals surface area (Å²) in [6, 6.07) is 4.12. The number of ether oxygens (including phenoxy) is 1. The van der Waals surface area contributed by atoms with Gasteiger partial charge in [0.05, 0.1) is 18.5 Å². The molecule has 1 aliphatic rings. The highest BCUT2D eigenvalue weighted by Gasteiger charge is 2.42. The van der Waals surface area contributed by atoms with Crippen molar-refractivity contribution in [1.82, 2.24) is 15.1 Å². The van der Waals surface area contributed by atoms with Crippen LogP contribution < -0.4 is 5.32 Å². The summed E-state index contributed by atoms with van der Waals surface area (Å²) in [5.41, 5.74) is -1.48. The minimum atomic E-state index is -4.86. The molecule has 1 aromatic heterocycles. The fourth-order valence-corrected chi connectivity index (χ4v) is 2.64. The molecule has 2 heterocycles. The summed E-state index contributed by atoms with van der Waals surface area (Å²) >= 11 is 0. The summed E-state index contributed by atoms with van der Waals surface area (Å²) in [4.78, 5) is 11.8. The first-order valence-corrected chi connectivity index (χ1v) is 7.38. The Morgan fingerprint density at radius 3 is 2.84 bits per heavy atom. The van der Waals surface area contributed by atoms with E-state index < -0.39 is 29.2 Å². The Labute approximate surface area is 139 Å². The van der Waals surface area contributed by atoms with Crippen molar-refractivity contribution in [1.29, 1.82) is 0 Å². The van der Waals surface area contributed by atoms with Gasteiger partial charge in [-0.25, -0.2) is 13.9 Å². The van der Waals surface area contributed by atoms with E-state index in [1.807, 2.05) is 0 Å². The molecule has 0 fully saturated rings. The molecule has 3 rings (SSSR count). The maximum Gasteiger partial charge on any atom is 0.434 e. The number of nitrogens with one attached hydrogen (secondary N) is 1. The van der Waals surface area contributed by atoms with Gasteiger partial charge in [0.15, 0.2) is 5.69 Å². The maximum absolute atomic E-state index is 13.9. The Bertz CT molecular complexity index is 856. The van der Waals surface area contributed by atoms with Crippen LogP contribution in [0.15, 0.2) is 30.6 Å². The fraction of sp³-hybridized carbons (Fsp3) is 0.250. The normalized spacial score (nSPS) is 13.7. The third kappa shape index (κ3) is 2.97. The van der Waals surface area contributed by atoms with Crippen LogP contribution in [-0.4, -0.2) is 22.4 Å². The van der Waals surface area contributed by atoms with Gasteiger partial charge < -0.3 is 10.1 Å². The molecule has 0 atom stereocenters. The van der Waals surface area contributed by atoms with Crippen molar-refractivity contribution in [3.05, 3.63) is 58.8 Å². The number of halogens is 4. The molecule has 0 saturated carbocycles. The SMILES string of the molecule is CCOC(=O)c1cnn(C2=CNCc3c(F)cccc32)c1C(F)(F)F. The van der Waals surface area contributed by atoms with Gasteiger partial charge in [-0.05, 0) is 13.0 Å². The lowest BCUT2D eigenvalue weighted by molar-refractivity contribution is -0.143. The first-order chi connectivity index (χ1) is 11.8. The Kier molecular flexibility index (Phi) is 4.23. The molecule has 1 aromatic carbocycles. The first kappa shape index (κ1) is 17.0. The number of carbonyl (C=O) groups is 1. The van der Waals surface area contributed by atoms with Crippen molar-refractivity contribution in [3.8, 4) is 0 Å². The third-order valence-electron chi connectivity index (χ3n) is 3.67. The Balaban J connectivity index is 2.18. The van der Waals surface area contributed by atoms with Gasteiger partial charge >= 0.3 is 12.1 Å². The van der Waals surface area contributed by atoms with E-state index in [2.05, 4.69) is 15.2 Å². The maximum atomic E-state index is 13.9. The van der Waals surface area contributed by atoms with Crippen LogP contribution in [0.1, 0.15) is 34.1 Å². The quantitative estimate of drug-likeness (QED) is 0.679. The Hall–Kier alpha value is -2.84. The van der Waals surface area contributed by atoms with Crippen molar-refractivity contribution < 1.29 is 27.1 Å². The highest BCUT2D eigenvalue weighted by Crippen LogP contribution is 2.36. The number of carbonyl (C=O) groups excluding carboxylic acids is 1. The van der Waals surface area contributed by atoms with E-state index in [-0.39, 0.29) is 30.0 Å². The molecule has 1 N–H and O–H groups in total. The molecular formula is C16H13F4N3O2. The zero-order chi connectivity index (χ0) is 18.2. The van der Waals surface area contributed by atoms with Gasteiger partial charge in [0.25, 0.3) is 0 Å². The minimum absolute atomic E-state index is 0.0105. The van der Waals surface area contributed by atoms with Crippen molar-refractivity contribution in [2.45, 2.75) is 19.6 Å². The van der Waals surface area contributed by atoms with E-state index in [1.165, 1.54) is 31.3 Å². The van der Waals surface area contributed by atoms with Gasteiger partial charge in [-0.1, -0.05) is 12.1 Å². The lowest BCUT2D eigenvalue weighted by Gasteiger charge is -2.21. The van der Waals surface area contributed by atoms with Crippen LogP contribution in [0.5, 0.6) is 0 Å². The van der Waals surface area contributed by atoms with Crippen molar-refractivity contribution in [3.63, 3.8) is 0 Å². The van der Waals surface area contributed by atoms with Gasteiger partial charge in [0, 0.05) is 23.9 Å². The molecule has 0 bridgehead atoms. The van der Waals surface area contributed by atoms with Gasteiger partial charge in [-0.2, -0.15) is 18.3 Å². The van der Waals surface area contributed by atoms with Crippen molar-refractivity contribution >= 4 is 11.7 Å². The molecule has 0 amide bonds. The van der Waals surface area contributed by atoms with E-state index in [9.17, 15) is 22.4 Å². The Morgan fingerprint density at radius 1 is 1.40 bits per heavy atom. The molecule has 9 heteroatoms. The fourth-order valence-electron chi connectivity index (χ4n) is 2.64. The van der Waals surface area contributed by atoms with E-state index in [0.29, 0.717) is 4.68 Å². The first-order valence-electron chi connectivity index (χ1n) is 7.38. The van der Waals surface area contributed by atoms with Crippen LogP contribution in [0.4, 0.5) is 17.6 Å². The summed E-state index contributed by atoms with van der Waals surface area (Å²) in [7, 11) is 0. The summed E-state index contributed by atoms with van der Waals surface area (Å²) in [6.07, 6.45) is -2.75. The summed E-state index contributed by atoms with van der Waals surface area (Å²) in [6.45, 7) is 1.56. The molecule has 0 radical (unpaired) electrons. The number of hydrogen-bond donors (Lipinski definition) is 1. The largest absolute Gasteiger partial charge is 0.462 e. The molecule has 1 aliphatic heterocycles. The lowest BCUT2D eigenvalue weighted by atomic mass is 10.0. The molecule has 0 unspecified atom stereocenters. The number of nitrogens with zero attached hydrogens (tertiary/aromatic N) is 2. The van der Waals surface area contributed by atoms with Crippen molar-refractivity contribution in [2.24, 2.45) is 0 Å². The highest BCUT2D eigenvalue weighted by atomic mass is 19.4. The van der Waals surface area contributed by atoms with Crippen LogP contribution >= 0.6 is 0 Å². The van der Waals surface area contributed by atoms with Gasteiger partial charge in [-0.3, -0.25) is 0 Å². The second-order valence-electron chi connectivity index (χ2n) is 5.21. The molecule has 2 aromatic rings. The standard InChI is InChI=1S/C16H13F4N3O2/c1-2-25-15(24)11-7-22-23(14(11)16(18,19)20)13-8-21-6-10-9(13)4-3-5-12(10)17/h3-5,7-8,21H,2,6H2,1H3. The zero-order valence-corrected chi connectivity index (χ0v) is 13.0. The third-order valence-corrected chi connectivity index (χ3v) is 3.67. The van der Waals surface area contributed by atoms with E-state index in [4.69, 9.17) is 0 Å². The summed E-state index contributed by atoms with van der Waals surface area (Å²) in [5.74, 6) is -1.66. The number of aromatic nitrogens is 2. The summed E-state index contributed by atoms with van der Waals surface area (Å²) in [5, 5.41) is 6.43. The average molecular weight is 355 g/mol. The van der Waals surface area contributed by atoms with Crippen molar-refractivity contribution in [2.75, 3.05) is 6.61 Å². The number of alkyl halides is 3. The molecular weight excluding hydrogens is 342 g/mol. The number of hydrogen-bond acceptors (Lipinski definition) is 4. The number of fused-ring (bicyclic) bond motifs is 1. The van der Waals surface area contributed by atoms with E-state index in [1.54, 1.807) is 0 Å². The van der Waals surface area contributed by atoms with E-state index >= 15 is 0 Å². The zero-order valence-electron chi connectivity index (χ0n) is 13.0. The second-order valence-corrected chi connectivity index (χ2v) is 5.21. The van der Waals surface area contributed by atoms with Crippen LogP contribution in [0.2, 0.25) is 0 Å². The minimum Gasteiger partial charge on any atom is -0.462 e. The van der Waals surface area contributed by atoms with E-state index in [0.717, 1.165) is 6.20 Å². The molecule has 25 heavy (non-hydrogen) atoms. The molecule has 5 nitrogen and oxygen atoms in total. The second kappa shape index (κ2) is 6.23. The average Bonchev–Trinajstić information content (AvgIpc) is 3.00. The Morgan fingerprint density at radius 2 is 2.16 bits per heavy atom. The molecule has 132 valence electrons. The predicted octanol–water partition coefficient (Wildman–Crippen LogP) is 3.17. The van der Waals surface area contributed by atoms with Gasteiger partial charge in [0.2, 0.25) is 0 Å². The van der Waals surface area contributed by atoms with Gasteiger partial charge in [-0.15, -0.1) is 0 Å². The van der Waals surface area contributed by atoms with Gasteiger partial charge in [0.1, 0.15) is 11.4 Å². The van der Waals surface area contributed by atoms with Crippen LogP contribution in [0, 0.1) is 5.82 Å². The van der Waals surface area contributed by atoms with Crippen LogP contribution in [0.3, 0.4) is 0 Å². The molecule has 0 saturated heterocycles. The molecule has 0 spiro atoms. The number of benzene rings is 1. The monoisotopic (exact) mass is 355 g/mol. The lowest BCUT2D eigenvalue weighted by Crippen LogP contribution is -2.23. The summed E-state index contributed by atoms with van der Waals surface area (Å²) < 4.78 is 59.9. The highest BCUT2D eigenvalue weighted by molar-refractivity contribution is 5.91. The molecule has 0 aliphatic carbocycles. The topological polar surface area (TPSA) is 56.1 Å². The predicted molar refractivity (Wildman–Crippen MR) is 79.8 cm³/mol. The number of rotatable bonds is 3. The van der Waals surface area contributed by atoms with Crippen LogP contribution in [-0.2, 0) is 17.5 Å². The smallest absolute Gasteiger partial charge is 0.434 e. The van der Waals surface area contributed by atoms with Crippen LogP contribution in [0.25, 0.3) is 5.70 Å². The number of esters is 1.